The fourth-order valence-electron chi connectivity index (χ4n) is 1.76. The van der Waals surface area contributed by atoms with Crippen LogP contribution in [0, 0.1) is 13.8 Å². The molecular weight excluding hydrogens is 248 g/mol. The van der Waals surface area contributed by atoms with E-state index in [1.165, 1.54) is 5.56 Å². The topological polar surface area (TPSA) is 29.5 Å². The van der Waals surface area contributed by atoms with Crippen LogP contribution in [0.5, 0.6) is 11.5 Å². The van der Waals surface area contributed by atoms with Gasteiger partial charge < -0.3 is 9.84 Å². The molecule has 2 rings (SSSR count). The standard InChI is InChI=1S/C15H15ClO2/c1-10-3-6-15(11(2)7-10)18-13-5-4-12(9-17)14(16)8-13/h3-8,17H,9H2,1-2H3. The van der Waals surface area contributed by atoms with Crippen LogP contribution in [-0.2, 0) is 6.61 Å². The van der Waals surface area contributed by atoms with Gasteiger partial charge in [0.2, 0.25) is 0 Å². The smallest absolute Gasteiger partial charge is 0.130 e. The number of hydrogen-bond acceptors (Lipinski definition) is 2. The maximum Gasteiger partial charge on any atom is 0.130 e. The van der Waals surface area contributed by atoms with Gasteiger partial charge in [-0.25, -0.2) is 0 Å². The van der Waals surface area contributed by atoms with Crippen molar-refractivity contribution in [2.75, 3.05) is 0 Å². The molecule has 2 aromatic rings. The van der Waals surface area contributed by atoms with Crippen molar-refractivity contribution in [2.24, 2.45) is 0 Å². The second-order valence-corrected chi connectivity index (χ2v) is 4.69. The molecule has 0 aliphatic carbocycles. The van der Waals surface area contributed by atoms with E-state index >= 15 is 0 Å². The molecule has 0 bridgehead atoms. The maximum atomic E-state index is 9.05. The SMILES string of the molecule is Cc1ccc(Oc2ccc(CO)c(Cl)c2)c(C)c1. The van der Waals surface area contributed by atoms with Crippen molar-refractivity contribution in [1.82, 2.24) is 0 Å². The van der Waals surface area contributed by atoms with E-state index in [4.69, 9.17) is 21.4 Å². The highest BCUT2D eigenvalue weighted by molar-refractivity contribution is 6.31. The third-order valence-corrected chi connectivity index (χ3v) is 3.10. The van der Waals surface area contributed by atoms with Gasteiger partial charge in [0.15, 0.2) is 0 Å². The van der Waals surface area contributed by atoms with Gasteiger partial charge in [-0.1, -0.05) is 35.4 Å². The van der Waals surface area contributed by atoms with Crippen molar-refractivity contribution < 1.29 is 9.84 Å². The van der Waals surface area contributed by atoms with E-state index in [9.17, 15) is 0 Å². The first-order chi connectivity index (χ1) is 8.60. The second-order valence-electron chi connectivity index (χ2n) is 4.28. The zero-order valence-electron chi connectivity index (χ0n) is 10.4. The van der Waals surface area contributed by atoms with Gasteiger partial charge in [-0.15, -0.1) is 0 Å². The lowest BCUT2D eigenvalue weighted by atomic mass is 10.1. The molecule has 0 heterocycles. The van der Waals surface area contributed by atoms with E-state index in [0.717, 1.165) is 11.3 Å². The van der Waals surface area contributed by atoms with E-state index in [0.29, 0.717) is 16.3 Å². The number of hydrogen-bond donors (Lipinski definition) is 1. The lowest BCUT2D eigenvalue weighted by Crippen LogP contribution is -1.90. The van der Waals surface area contributed by atoms with Crippen LogP contribution < -0.4 is 4.74 Å². The van der Waals surface area contributed by atoms with E-state index in [1.807, 2.05) is 26.0 Å². The normalized spacial score (nSPS) is 10.4. The first kappa shape index (κ1) is 12.9. The van der Waals surface area contributed by atoms with Gasteiger partial charge >= 0.3 is 0 Å². The van der Waals surface area contributed by atoms with Crippen molar-refractivity contribution in [3.05, 3.63) is 58.1 Å². The van der Waals surface area contributed by atoms with Gasteiger partial charge in [-0.05, 0) is 43.2 Å². The summed E-state index contributed by atoms with van der Waals surface area (Å²) in [6, 6.07) is 11.3. The van der Waals surface area contributed by atoms with Crippen LogP contribution in [0.2, 0.25) is 5.02 Å². The molecule has 1 N–H and O–H groups in total. The van der Waals surface area contributed by atoms with Crippen molar-refractivity contribution >= 4 is 11.6 Å². The molecule has 0 fully saturated rings. The fourth-order valence-corrected chi connectivity index (χ4v) is 1.99. The van der Waals surface area contributed by atoms with Crippen LogP contribution in [0.3, 0.4) is 0 Å². The van der Waals surface area contributed by atoms with Gasteiger partial charge in [0.1, 0.15) is 11.5 Å². The first-order valence-electron chi connectivity index (χ1n) is 5.74. The number of aliphatic hydroxyl groups excluding tert-OH is 1. The molecule has 0 saturated heterocycles. The lowest BCUT2D eigenvalue weighted by Gasteiger charge is -2.10. The van der Waals surface area contributed by atoms with Gasteiger partial charge in [0.05, 0.1) is 6.61 Å². The van der Waals surface area contributed by atoms with Crippen molar-refractivity contribution in [1.29, 1.82) is 0 Å². The Kier molecular flexibility index (Phi) is 3.90. The van der Waals surface area contributed by atoms with E-state index in [2.05, 4.69) is 6.07 Å². The quantitative estimate of drug-likeness (QED) is 0.896. The third-order valence-electron chi connectivity index (χ3n) is 2.75. The Morgan fingerprint density at radius 3 is 2.50 bits per heavy atom. The van der Waals surface area contributed by atoms with Crippen LogP contribution in [0.25, 0.3) is 0 Å². The molecule has 0 aromatic heterocycles. The molecule has 0 aliphatic rings. The van der Waals surface area contributed by atoms with Gasteiger partial charge in [0.25, 0.3) is 0 Å². The van der Waals surface area contributed by atoms with E-state index in [1.54, 1.807) is 18.2 Å². The molecule has 0 radical (unpaired) electrons. The van der Waals surface area contributed by atoms with Crippen LogP contribution >= 0.6 is 11.6 Å². The molecular formula is C15H15ClO2. The molecule has 0 amide bonds. The largest absolute Gasteiger partial charge is 0.457 e. The van der Waals surface area contributed by atoms with Gasteiger partial charge in [-0.3, -0.25) is 0 Å². The predicted molar refractivity (Wildman–Crippen MR) is 73.4 cm³/mol. The molecule has 0 atom stereocenters. The molecule has 2 nitrogen and oxygen atoms in total. The Hall–Kier alpha value is -1.51. The average molecular weight is 263 g/mol. The minimum Gasteiger partial charge on any atom is -0.457 e. The maximum absolute atomic E-state index is 9.05. The predicted octanol–water partition coefficient (Wildman–Crippen LogP) is 4.24. The van der Waals surface area contributed by atoms with Crippen LogP contribution in [0.15, 0.2) is 36.4 Å². The highest BCUT2D eigenvalue weighted by Gasteiger charge is 2.05. The minimum atomic E-state index is -0.0668. The summed E-state index contributed by atoms with van der Waals surface area (Å²) in [4.78, 5) is 0. The van der Waals surface area contributed by atoms with Crippen molar-refractivity contribution in [3.63, 3.8) is 0 Å². The zero-order chi connectivity index (χ0) is 13.1. The molecule has 2 aromatic carbocycles. The van der Waals surface area contributed by atoms with Crippen molar-refractivity contribution in [3.8, 4) is 11.5 Å². The summed E-state index contributed by atoms with van der Waals surface area (Å²) in [5.41, 5.74) is 2.98. The average Bonchev–Trinajstić information content (AvgIpc) is 2.33. The molecule has 0 saturated carbocycles. The molecule has 94 valence electrons. The summed E-state index contributed by atoms with van der Waals surface area (Å²) in [6.45, 7) is 3.98. The molecule has 0 aliphatic heterocycles. The molecule has 0 unspecified atom stereocenters. The molecule has 3 heteroatoms. The van der Waals surface area contributed by atoms with Gasteiger partial charge in [-0.2, -0.15) is 0 Å². The highest BCUT2D eigenvalue weighted by Crippen LogP contribution is 2.29. The second kappa shape index (κ2) is 5.42. The minimum absolute atomic E-state index is 0.0668. The highest BCUT2D eigenvalue weighted by atomic mass is 35.5. The number of aryl methyl sites for hydroxylation is 2. The summed E-state index contributed by atoms with van der Waals surface area (Å²) in [5, 5.41) is 9.56. The van der Waals surface area contributed by atoms with Crippen LogP contribution in [-0.4, -0.2) is 5.11 Å². The fraction of sp³-hybridized carbons (Fsp3) is 0.200. The number of halogens is 1. The Bertz CT molecular complexity index is 564. The Balaban J connectivity index is 2.26. The van der Waals surface area contributed by atoms with Crippen LogP contribution in [0.1, 0.15) is 16.7 Å². The molecule has 18 heavy (non-hydrogen) atoms. The zero-order valence-corrected chi connectivity index (χ0v) is 11.2. The third kappa shape index (κ3) is 2.84. The summed E-state index contributed by atoms with van der Waals surface area (Å²) in [5.74, 6) is 1.48. The number of rotatable bonds is 3. The monoisotopic (exact) mass is 262 g/mol. The van der Waals surface area contributed by atoms with Gasteiger partial charge in [0, 0.05) is 5.02 Å². The van der Waals surface area contributed by atoms with Crippen molar-refractivity contribution in [2.45, 2.75) is 20.5 Å². The number of benzene rings is 2. The van der Waals surface area contributed by atoms with E-state index < -0.39 is 0 Å². The molecule has 0 spiro atoms. The summed E-state index contributed by atoms with van der Waals surface area (Å²) in [7, 11) is 0. The van der Waals surface area contributed by atoms with Crippen LogP contribution in [0.4, 0.5) is 0 Å². The Labute approximate surface area is 112 Å². The summed E-state index contributed by atoms with van der Waals surface area (Å²) < 4.78 is 5.78. The number of ether oxygens (including phenoxy) is 1. The Morgan fingerprint density at radius 1 is 1.11 bits per heavy atom. The summed E-state index contributed by atoms with van der Waals surface area (Å²) in [6.07, 6.45) is 0. The first-order valence-corrected chi connectivity index (χ1v) is 6.12. The Morgan fingerprint density at radius 2 is 1.89 bits per heavy atom. The summed E-state index contributed by atoms with van der Waals surface area (Å²) >= 11 is 6.02. The lowest BCUT2D eigenvalue weighted by molar-refractivity contribution is 0.282. The number of aliphatic hydroxyl groups is 1. The van der Waals surface area contributed by atoms with E-state index in [-0.39, 0.29) is 6.61 Å².